The fourth-order valence-corrected chi connectivity index (χ4v) is 4.54. The number of carbonyl (C=O) groups is 1. The van der Waals surface area contributed by atoms with Gasteiger partial charge in [-0.05, 0) is 49.1 Å². The summed E-state index contributed by atoms with van der Waals surface area (Å²) in [6.45, 7) is 3.02. The summed E-state index contributed by atoms with van der Waals surface area (Å²) < 4.78 is 11.5. The van der Waals surface area contributed by atoms with Gasteiger partial charge in [-0.1, -0.05) is 30.3 Å². The minimum Gasteiger partial charge on any atom is -0.497 e. The zero-order valence-corrected chi connectivity index (χ0v) is 19.6. The lowest BCUT2D eigenvalue weighted by Crippen LogP contribution is -2.38. The summed E-state index contributed by atoms with van der Waals surface area (Å²) >= 11 is 0. The average Bonchev–Trinajstić information content (AvgIpc) is 2.90. The van der Waals surface area contributed by atoms with Crippen LogP contribution in [0, 0.1) is 0 Å². The molecule has 1 amide bonds. The minimum atomic E-state index is 0.104. The van der Waals surface area contributed by atoms with Gasteiger partial charge in [-0.2, -0.15) is 4.98 Å². The lowest BCUT2D eigenvalue weighted by Gasteiger charge is -2.32. The quantitative estimate of drug-likeness (QED) is 0.546. The Labute approximate surface area is 200 Å². The number of carbonyl (C=O) groups excluding carboxylic acids is 1. The molecular formula is C27H30N4O3. The first-order chi connectivity index (χ1) is 16.7. The van der Waals surface area contributed by atoms with Crippen LogP contribution in [-0.4, -0.2) is 47.5 Å². The number of ether oxygens (including phenoxy) is 2. The van der Waals surface area contributed by atoms with Crippen molar-refractivity contribution in [3.05, 3.63) is 71.4 Å². The van der Waals surface area contributed by atoms with E-state index in [4.69, 9.17) is 19.4 Å². The third-order valence-corrected chi connectivity index (χ3v) is 6.47. The molecule has 2 aromatic carbocycles. The van der Waals surface area contributed by atoms with E-state index in [2.05, 4.69) is 4.90 Å². The van der Waals surface area contributed by atoms with Crippen LogP contribution in [0.25, 0.3) is 0 Å². The molecule has 3 aromatic rings. The maximum Gasteiger partial charge on any atom is 0.229 e. The number of rotatable bonds is 6. The van der Waals surface area contributed by atoms with Gasteiger partial charge < -0.3 is 19.3 Å². The van der Waals surface area contributed by atoms with E-state index in [0.29, 0.717) is 37.6 Å². The maximum atomic E-state index is 13.1. The number of nitrogens with zero attached hydrogens (tertiary/aromatic N) is 4. The molecule has 1 fully saturated rings. The fourth-order valence-electron chi connectivity index (χ4n) is 4.54. The molecule has 2 aliphatic heterocycles. The lowest BCUT2D eigenvalue weighted by atomic mass is 10.0. The van der Waals surface area contributed by atoms with E-state index < -0.39 is 0 Å². The molecule has 3 heterocycles. The highest BCUT2D eigenvalue weighted by atomic mass is 16.5. The van der Waals surface area contributed by atoms with E-state index in [9.17, 15) is 4.79 Å². The maximum absolute atomic E-state index is 13.1. The number of fused-ring (bicyclic) bond motifs is 1. The first-order valence-corrected chi connectivity index (χ1v) is 12.0. The van der Waals surface area contributed by atoms with Crippen molar-refractivity contribution in [2.75, 3.05) is 31.6 Å². The average molecular weight is 459 g/mol. The number of hydrogen-bond acceptors (Lipinski definition) is 6. The second-order valence-corrected chi connectivity index (χ2v) is 8.81. The molecule has 0 radical (unpaired) electrons. The standard InChI is InChI=1S/C27H30N4O3/c1-33-21-10-12-22(13-11-21)34-26-23-19-31(25(32)18-20-8-4-2-5-9-20)17-14-24(23)28-27(29-26)30-15-6-3-7-16-30/h2,4-5,8-13H,3,6-7,14-19H2,1H3. The summed E-state index contributed by atoms with van der Waals surface area (Å²) in [4.78, 5) is 27.0. The minimum absolute atomic E-state index is 0.104. The molecule has 0 bridgehead atoms. The Kier molecular flexibility index (Phi) is 6.60. The number of methoxy groups -OCH3 is 1. The number of anilines is 1. The first kappa shape index (κ1) is 22.2. The SMILES string of the molecule is COc1ccc(Oc2nc(N3CCCCC3)nc3c2CN(C(=O)Cc2ccccc2)CC3)cc1. The predicted octanol–water partition coefficient (Wildman–Crippen LogP) is 4.40. The van der Waals surface area contributed by atoms with Crippen molar-refractivity contribution in [1.82, 2.24) is 14.9 Å². The van der Waals surface area contributed by atoms with Crippen molar-refractivity contribution in [3.63, 3.8) is 0 Å². The Morgan fingerprint density at radius 2 is 1.65 bits per heavy atom. The number of piperidine rings is 1. The third-order valence-electron chi connectivity index (χ3n) is 6.47. The van der Waals surface area contributed by atoms with Crippen LogP contribution in [0.1, 0.15) is 36.1 Å². The Morgan fingerprint density at radius 3 is 2.38 bits per heavy atom. The normalized spacial score (nSPS) is 15.6. The second kappa shape index (κ2) is 10.1. The van der Waals surface area contributed by atoms with Crippen molar-refractivity contribution < 1.29 is 14.3 Å². The largest absolute Gasteiger partial charge is 0.497 e. The summed E-state index contributed by atoms with van der Waals surface area (Å²) in [5.74, 6) is 2.81. The number of hydrogen-bond donors (Lipinski definition) is 0. The van der Waals surface area contributed by atoms with E-state index in [1.807, 2.05) is 59.5 Å². The third kappa shape index (κ3) is 4.98. The van der Waals surface area contributed by atoms with E-state index in [0.717, 1.165) is 54.4 Å². The molecule has 5 rings (SSSR count). The van der Waals surface area contributed by atoms with Crippen LogP contribution in [0.15, 0.2) is 54.6 Å². The second-order valence-electron chi connectivity index (χ2n) is 8.81. The van der Waals surface area contributed by atoms with Gasteiger partial charge >= 0.3 is 0 Å². The Hall–Kier alpha value is -3.61. The van der Waals surface area contributed by atoms with Crippen LogP contribution in [0.4, 0.5) is 5.95 Å². The zero-order valence-electron chi connectivity index (χ0n) is 19.6. The predicted molar refractivity (Wildman–Crippen MR) is 130 cm³/mol. The van der Waals surface area contributed by atoms with Crippen molar-refractivity contribution >= 4 is 11.9 Å². The molecule has 1 aromatic heterocycles. The Bertz CT molecular complexity index is 1130. The number of aromatic nitrogens is 2. The monoisotopic (exact) mass is 458 g/mol. The van der Waals surface area contributed by atoms with E-state index >= 15 is 0 Å². The molecule has 1 saturated heterocycles. The summed E-state index contributed by atoms with van der Waals surface area (Å²) in [5, 5.41) is 0. The lowest BCUT2D eigenvalue weighted by molar-refractivity contribution is -0.131. The van der Waals surface area contributed by atoms with Gasteiger partial charge in [0, 0.05) is 26.1 Å². The molecule has 0 spiro atoms. The van der Waals surface area contributed by atoms with Crippen molar-refractivity contribution in [3.8, 4) is 17.4 Å². The van der Waals surface area contributed by atoms with Crippen molar-refractivity contribution in [1.29, 1.82) is 0 Å². The molecule has 34 heavy (non-hydrogen) atoms. The highest BCUT2D eigenvalue weighted by Gasteiger charge is 2.28. The van der Waals surface area contributed by atoms with Gasteiger partial charge in [0.25, 0.3) is 0 Å². The zero-order chi connectivity index (χ0) is 23.3. The van der Waals surface area contributed by atoms with Gasteiger partial charge in [-0.3, -0.25) is 4.79 Å². The summed E-state index contributed by atoms with van der Waals surface area (Å²) in [6.07, 6.45) is 4.62. The molecular weight excluding hydrogens is 428 g/mol. The molecule has 0 saturated carbocycles. The molecule has 0 N–H and O–H groups in total. The molecule has 7 heteroatoms. The van der Waals surface area contributed by atoms with Gasteiger partial charge in [-0.15, -0.1) is 0 Å². The van der Waals surface area contributed by atoms with Gasteiger partial charge in [0.1, 0.15) is 11.5 Å². The van der Waals surface area contributed by atoms with Crippen LogP contribution >= 0.6 is 0 Å². The highest BCUT2D eigenvalue weighted by molar-refractivity contribution is 5.79. The first-order valence-electron chi connectivity index (χ1n) is 12.0. The summed E-state index contributed by atoms with van der Waals surface area (Å²) in [5.41, 5.74) is 2.89. The Morgan fingerprint density at radius 1 is 0.912 bits per heavy atom. The highest BCUT2D eigenvalue weighted by Crippen LogP contribution is 2.33. The molecule has 0 unspecified atom stereocenters. The molecule has 0 atom stereocenters. The molecule has 7 nitrogen and oxygen atoms in total. The number of amides is 1. The Balaban J connectivity index is 1.42. The van der Waals surface area contributed by atoms with E-state index in [1.54, 1.807) is 7.11 Å². The van der Waals surface area contributed by atoms with Gasteiger partial charge in [0.15, 0.2) is 0 Å². The molecule has 0 aliphatic carbocycles. The fraction of sp³-hybridized carbons (Fsp3) is 0.370. The van der Waals surface area contributed by atoms with Crippen molar-refractivity contribution in [2.45, 2.75) is 38.6 Å². The molecule has 2 aliphatic rings. The molecule has 176 valence electrons. The van der Waals surface area contributed by atoms with Crippen LogP contribution in [-0.2, 0) is 24.2 Å². The van der Waals surface area contributed by atoms with Crippen molar-refractivity contribution in [2.24, 2.45) is 0 Å². The topological polar surface area (TPSA) is 67.8 Å². The van der Waals surface area contributed by atoms with E-state index in [-0.39, 0.29) is 5.91 Å². The number of benzene rings is 2. The van der Waals surface area contributed by atoms with E-state index in [1.165, 1.54) is 6.42 Å². The van der Waals surface area contributed by atoms with Crippen LogP contribution in [0.3, 0.4) is 0 Å². The van der Waals surface area contributed by atoms with Crippen LogP contribution in [0.5, 0.6) is 17.4 Å². The summed E-state index contributed by atoms with van der Waals surface area (Å²) in [7, 11) is 1.64. The van der Waals surface area contributed by atoms with Gasteiger partial charge in [0.2, 0.25) is 17.7 Å². The van der Waals surface area contributed by atoms with Gasteiger partial charge in [0.05, 0.1) is 31.3 Å². The van der Waals surface area contributed by atoms with Gasteiger partial charge in [-0.25, -0.2) is 4.98 Å². The van der Waals surface area contributed by atoms with Crippen LogP contribution < -0.4 is 14.4 Å². The summed E-state index contributed by atoms with van der Waals surface area (Å²) in [6, 6.07) is 17.3. The smallest absolute Gasteiger partial charge is 0.229 e. The van der Waals surface area contributed by atoms with Crippen LogP contribution in [0.2, 0.25) is 0 Å².